The highest BCUT2D eigenvalue weighted by atomic mass is 32.1. The van der Waals surface area contributed by atoms with Crippen LogP contribution in [0, 0.1) is 0 Å². The summed E-state index contributed by atoms with van der Waals surface area (Å²) in [4.78, 5) is 31.6. The maximum absolute atomic E-state index is 12.9. The molecule has 0 aliphatic carbocycles. The predicted molar refractivity (Wildman–Crippen MR) is 107 cm³/mol. The molecule has 1 saturated heterocycles. The van der Waals surface area contributed by atoms with Gasteiger partial charge >= 0.3 is 5.97 Å². The summed E-state index contributed by atoms with van der Waals surface area (Å²) in [7, 11) is 0. The minimum atomic E-state index is -0.473. The van der Waals surface area contributed by atoms with E-state index in [9.17, 15) is 9.59 Å². The van der Waals surface area contributed by atoms with Crippen LogP contribution in [0.25, 0.3) is 10.2 Å². The predicted octanol–water partition coefficient (Wildman–Crippen LogP) is 4.30. The van der Waals surface area contributed by atoms with Gasteiger partial charge in [-0.15, -0.1) is 11.3 Å². The lowest BCUT2D eigenvalue weighted by Crippen LogP contribution is -2.39. The maximum atomic E-state index is 12.9. The summed E-state index contributed by atoms with van der Waals surface area (Å²) < 4.78 is 6.64. The number of likely N-dealkylation sites (tertiary alicyclic amines) is 1. The monoisotopic (exact) mass is 392 g/mol. The zero-order valence-corrected chi connectivity index (χ0v) is 16.2. The highest BCUT2D eigenvalue weighted by Crippen LogP contribution is 2.36. The molecule has 5 rings (SSSR count). The second kappa shape index (κ2) is 7.02. The zero-order valence-electron chi connectivity index (χ0n) is 15.3. The van der Waals surface area contributed by atoms with Gasteiger partial charge in [0.25, 0.3) is 0 Å². The van der Waals surface area contributed by atoms with Gasteiger partial charge in [0, 0.05) is 24.6 Å². The Kier molecular flexibility index (Phi) is 4.36. The number of benzene rings is 2. The minimum Gasteiger partial charge on any atom is -0.453 e. The van der Waals surface area contributed by atoms with E-state index in [0.29, 0.717) is 12.1 Å². The van der Waals surface area contributed by atoms with E-state index in [0.717, 1.165) is 35.5 Å². The van der Waals surface area contributed by atoms with Gasteiger partial charge in [-0.25, -0.2) is 9.78 Å². The number of amides is 1. The molecule has 1 aromatic heterocycles. The van der Waals surface area contributed by atoms with Crippen molar-refractivity contribution in [2.45, 2.75) is 31.3 Å². The quantitative estimate of drug-likeness (QED) is 0.624. The lowest BCUT2D eigenvalue weighted by atomic mass is 9.97. The molecule has 2 atom stereocenters. The molecule has 0 bridgehead atoms. The summed E-state index contributed by atoms with van der Waals surface area (Å²) in [5.41, 5.74) is 2.42. The molecule has 0 saturated carbocycles. The molecule has 3 aromatic rings. The fourth-order valence-corrected chi connectivity index (χ4v) is 5.22. The van der Waals surface area contributed by atoms with Crippen LogP contribution in [0.3, 0.4) is 0 Å². The molecular weight excluding hydrogens is 372 g/mol. The summed E-state index contributed by atoms with van der Waals surface area (Å²) in [6, 6.07) is 15.5. The molecule has 2 aliphatic rings. The van der Waals surface area contributed by atoms with Crippen LogP contribution in [-0.2, 0) is 9.53 Å². The number of aromatic nitrogens is 1. The molecule has 0 N–H and O–H groups in total. The van der Waals surface area contributed by atoms with Gasteiger partial charge in [-0.3, -0.25) is 4.79 Å². The fraction of sp³-hybridized carbons (Fsp3) is 0.318. The minimum absolute atomic E-state index is 0.0420. The number of nitrogens with zero attached hydrogens (tertiary/aromatic N) is 2. The van der Waals surface area contributed by atoms with Gasteiger partial charge in [0.05, 0.1) is 27.2 Å². The number of carbonyl (C=O) groups is 2. The van der Waals surface area contributed by atoms with Crippen LogP contribution < -0.4 is 0 Å². The summed E-state index contributed by atoms with van der Waals surface area (Å²) in [5, 5.41) is 1.11. The van der Waals surface area contributed by atoms with Crippen molar-refractivity contribution in [3.05, 3.63) is 64.7 Å². The van der Waals surface area contributed by atoms with Crippen molar-refractivity contribution in [3.8, 4) is 0 Å². The second-order valence-electron chi connectivity index (χ2n) is 7.38. The topological polar surface area (TPSA) is 59.5 Å². The average Bonchev–Trinajstić information content (AvgIpc) is 3.30. The van der Waals surface area contributed by atoms with Crippen LogP contribution in [0.5, 0.6) is 0 Å². The highest BCUT2D eigenvalue weighted by Gasteiger charge is 2.34. The molecule has 5 nitrogen and oxygen atoms in total. The number of fused-ring (bicyclic) bond motifs is 2. The third-order valence-electron chi connectivity index (χ3n) is 5.57. The molecule has 1 amide bonds. The van der Waals surface area contributed by atoms with Gasteiger partial charge in [0.15, 0.2) is 0 Å². The van der Waals surface area contributed by atoms with Gasteiger partial charge in [0.2, 0.25) is 5.91 Å². The van der Waals surface area contributed by atoms with Crippen LogP contribution >= 0.6 is 11.3 Å². The molecule has 1 fully saturated rings. The molecule has 2 aliphatic heterocycles. The number of thiazole rings is 1. The summed E-state index contributed by atoms with van der Waals surface area (Å²) >= 11 is 1.72. The third kappa shape index (κ3) is 3.07. The number of piperidine rings is 1. The van der Waals surface area contributed by atoms with E-state index in [4.69, 9.17) is 9.72 Å². The normalized spacial score (nSPS) is 21.6. The van der Waals surface area contributed by atoms with Crippen LogP contribution in [0.1, 0.15) is 52.2 Å². The van der Waals surface area contributed by atoms with Crippen LogP contribution in [0.4, 0.5) is 0 Å². The van der Waals surface area contributed by atoms with E-state index >= 15 is 0 Å². The first-order chi connectivity index (χ1) is 13.7. The number of hydrogen-bond donors (Lipinski definition) is 0. The van der Waals surface area contributed by atoms with Gasteiger partial charge in [0.1, 0.15) is 6.10 Å². The first kappa shape index (κ1) is 17.4. The summed E-state index contributed by atoms with van der Waals surface area (Å²) in [6.45, 7) is 1.43. The molecule has 28 heavy (non-hydrogen) atoms. The van der Waals surface area contributed by atoms with E-state index in [-0.39, 0.29) is 24.2 Å². The molecule has 0 radical (unpaired) electrons. The number of hydrogen-bond acceptors (Lipinski definition) is 5. The lowest BCUT2D eigenvalue weighted by molar-refractivity contribution is -0.134. The fourth-order valence-electron chi connectivity index (χ4n) is 4.13. The van der Waals surface area contributed by atoms with E-state index in [1.165, 1.54) is 4.70 Å². The van der Waals surface area contributed by atoms with Crippen molar-refractivity contribution >= 4 is 33.4 Å². The Labute approximate surface area is 166 Å². The van der Waals surface area contributed by atoms with Crippen LogP contribution in [0.15, 0.2) is 48.5 Å². The number of rotatable bonds is 3. The van der Waals surface area contributed by atoms with E-state index < -0.39 is 6.10 Å². The smallest absolute Gasteiger partial charge is 0.339 e. The Hall–Kier alpha value is -2.73. The Bertz CT molecular complexity index is 1030. The summed E-state index contributed by atoms with van der Waals surface area (Å²) in [6.07, 6.45) is 1.74. The molecule has 0 unspecified atom stereocenters. The number of esters is 1. The highest BCUT2D eigenvalue weighted by molar-refractivity contribution is 7.18. The zero-order chi connectivity index (χ0) is 19.1. The van der Waals surface area contributed by atoms with Crippen molar-refractivity contribution in [2.24, 2.45) is 0 Å². The average molecular weight is 392 g/mol. The van der Waals surface area contributed by atoms with E-state index in [1.54, 1.807) is 17.4 Å². The van der Waals surface area contributed by atoms with Crippen molar-refractivity contribution in [3.63, 3.8) is 0 Å². The van der Waals surface area contributed by atoms with Gasteiger partial charge < -0.3 is 9.64 Å². The Balaban J connectivity index is 1.30. The third-order valence-corrected chi connectivity index (χ3v) is 6.77. The number of carbonyl (C=O) groups excluding carboxylic acids is 2. The Morgan fingerprint density at radius 1 is 1.18 bits per heavy atom. The number of para-hydroxylation sites is 1. The van der Waals surface area contributed by atoms with Crippen molar-refractivity contribution in [1.82, 2.24) is 9.88 Å². The number of cyclic esters (lactones) is 1. The molecule has 2 aromatic carbocycles. The largest absolute Gasteiger partial charge is 0.453 e. The Morgan fingerprint density at radius 3 is 2.89 bits per heavy atom. The molecule has 142 valence electrons. The number of ether oxygens (including phenoxy) is 1. The summed E-state index contributed by atoms with van der Waals surface area (Å²) in [5.74, 6) is -0.0202. The SMILES string of the molecule is O=C1O[C@H](CC(=O)N2CCC[C@@H](c3nc4ccccc4s3)C2)c2ccccc21. The molecule has 0 spiro atoms. The Morgan fingerprint density at radius 2 is 2.00 bits per heavy atom. The van der Waals surface area contributed by atoms with Gasteiger partial charge in [-0.1, -0.05) is 30.3 Å². The van der Waals surface area contributed by atoms with Gasteiger partial charge in [-0.05, 0) is 31.0 Å². The maximum Gasteiger partial charge on any atom is 0.339 e. The molecule has 3 heterocycles. The standard InChI is InChI=1S/C22H20N2O3S/c25-20(12-18-15-7-1-2-8-16(15)22(26)27-18)24-11-5-6-14(13-24)21-23-17-9-3-4-10-19(17)28-21/h1-4,7-10,14,18H,5-6,11-13H2/t14-,18-/m1/s1. The van der Waals surface area contributed by atoms with Crippen LogP contribution in [-0.4, -0.2) is 34.8 Å². The van der Waals surface area contributed by atoms with E-state index in [1.807, 2.05) is 41.3 Å². The van der Waals surface area contributed by atoms with Crippen molar-refractivity contribution < 1.29 is 14.3 Å². The lowest BCUT2D eigenvalue weighted by Gasteiger charge is -2.32. The first-order valence-corrected chi connectivity index (χ1v) is 10.4. The van der Waals surface area contributed by atoms with Crippen molar-refractivity contribution in [2.75, 3.05) is 13.1 Å². The second-order valence-corrected chi connectivity index (χ2v) is 8.45. The van der Waals surface area contributed by atoms with Crippen LogP contribution in [0.2, 0.25) is 0 Å². The van der Waals surface area contributed by atoms with E-state index in [2.05, 4.69) is 6.07 Å². The molecular formula is C22H20N2O3S. The van der Waals surface area contributed by atoms with Crippen molar-refractivity contribution in [1.29, 1.82) is 0 Å². The molecule has 6 heteroatoms. The first-order valence-electron chi connectivity index (χ1n) is 9.62. The van der Waals surface area contributed by atoms with Gasteiger partial charge in [-0.2, -0.15) is 0 Å².